The summed E-state index contributed by atoms with van der Waals surface area (Å²) in [7, 11) is -1.41. The molecule has 61 heavy (non-hydrogen) atoms. The first kappa shape index (κ1) is 40.1. The summed E-state index contributed by atoms with van der Waals surface area (Å²) in [4.78, 5) is 4.43. The average molecular weight is 906 g/mol. The Morgan fingerprint density at radius 2 is 0.820 bits per heavy atom. The molecule has 0 unspecified atom stereocenters. The average Bonchev–Trinajstić information content (AvgIpc) is 3.27. The van der Waals surface area contributed by atoms with Gasteiger partial charge in [0.05, 0.1) is 22.7 Å². The molecule has 4 aliphatic heterocycles. The molecular formula is C48H32B2BrCl2N2O6. The molecule has 8 aromatic rings. The van der Waals surface area contributed by atoms with Crippen LogP contribution in [-0.2, 0) is 0 Å². The molecule has 8 aromatic carbocycles. The lowest BCUT2D eigenvalue weighted by molar-refractivity contribution is 0.425. The Labute approximate surface area is 374 Å². The Hall–Kier alpha value is -6.33. The summed E-state index contributed by atoms with van der Waals surface area (Å²) in [5.74, 6) is 6.53. The third kappa shape index (κ3) is 7.56. The highest BCUT2D eigenvalue weighted by molar-refractivity contribution is 9.10. The van der Waals surface area contributed by atoms with Crippen LogP contribution >= 0.6 is 39.1 Å². The highest BCUT2D eigenvalue weighted by Crippen LogP contribution is 2.61. The SMILES string of the molecule is Brc1ccc2c(c1)N1c3ccccc3Oc3cccc(c31)O2.Clc1ccc(-c2ccc3c(c2)N2c4ccccc4Oc4cccc(c42)O3)cc1.OB(O)c1ccc(Cl)cc1.[2HH].[B]. The van der Waals surface area contributed by atoms with Gasteiger partial charge in [0.25, 0.3) is 0 Å². The fraction of sp³-hybridized carbons (Fsp3) is 0. The lowest BCUT2D eigenvalue weighted by atomic mass is 9.81. The number of fused-ring (bicyclic) bond motifs is 8. The van der Waals surface area contributed by atoms with Crippen molar-refractivity contribution < 1.29 is 30.4 Å². The maximum Gasteiger partial charge on any atom is 0.488 e. The summed E-state index contributed by atoms with van der Waals surface area (Å²) in [5.41, 5.74) is 8.55. The second kappa shape index (κ2) is 16.6. The standard InChI is InChI=1S/C24H14ClNO2.C18H10BrNO2.C6H6BClO2.B.H2/c25-17-11-8-15(9-12-17)16-10-13-21-19(14-16)26-18-4-1-2-5-20(18)27-22-6-3-7-23(28-21)24(22)26;19-11-8-9-15-13(10-11)20-12-4-1-2-5-14(12)21-16-6-3-7-17(22-15)18(16)20;8-6-3-1-5(2-4-6)7(9)10;;/h1-14H;1-10H;1-4,9-10H;;1H/i;;;;1+1. The molecule has 0 bridgehead atoms. The topological polar surface area (TPSA) is 83.9 Å². The molecule has 0 amide bonds. The van der Waals surface area contributed by atoms with Gasteiger partial charge in [-0.2, -0.15) is 0 Å². The first-order valence-corrected chi connectivity index (χ1v) is 20.4. The van der Waals surface area contributed by atoms with Crippen molar-refractivity contribution in [2.24, 2.45) is 0 Å². The van der Waals surface area contributed by atoms with Gasteiger partial charge in [-0.15, -0.1) is 0 Å². The molecule has 4 heterocycles. The number of benzene rings is 8. The van der Waals surface area contributed by atoms with E-state index < -0.39 is 7.12 Å². The van der Waals surface area contributed by atoms with Gasteiger partial charge in [0.1, 0.15) is 11.4 Å². The molecule has 12 rings (SSSR count). The van der Waals surface area contributed by atoms with Crippen LogP contribution in [0.15, 0.2) is 174 Å². The van der Waals surface area contributed by atoms with Crippen LogP contribution in [0.4, 0.5) is 34.1 Å². The second-order valence-electron chi connectivity index (χ2n) is 13.9. The van der Waals surface area contributed by atoms with E-state index in [1.54, 1.807) is 24.3 Å². The predicted octanol–water partition coefficient (Wildman–Crippen LogP) is 13.7. The maximum atomic E-state index is 8.63. The minimum Gasteiger partial charge on any atom is -0.453 e. The normalized spacial score (nSPS) is 12.3. The zero-order chi connectivity index (χ0) is 40.9. The molecule has 3 radical (unpaired) electrons. The predicted molar refractivity (Wildman–Crippen MR) is 250 cm³/mol. The molecule has 0 aromatic heterocycles. The van der Waals surface area contributed by atoms with Crippen molar-refractivity contribution in [1.29, 1.82) is 0 Å². The highest BCUT2D eigenvalue weighted by atomic mass is 79.9. The van der Waals surface area contributed by atoms with E-state index in [4.69, 9.17) is 52.2 Å². The van der Waals surface area contributed by atoms with E-state index >= 15 is 0 Å². The van der Waals surface area contributed by atoms with Crippen molar-refractivity contribution in [3.63, 3.8) is 0 Å². The fourth-order valence-electron chi connectivity index (χ4n) is 7.43. The molecule has 13 heteroatoms. The van der Waals surface area contributed by atoms with E-state index in [-0.39, 0.29) is 9.84 Å². The van der Waals surface area contributed by atoms with E-state index in [1.165, 1.54) is 0 Å². The van der Waals surface area contributed by atoms with Crippen LogP contribution in [-0.4, -0.2) is 25.6 Å². The third-order valence-electron chi connectivity index (χ3n) is 10.2. The summed E-state index contributed by atoms with van der Waals surface area (Å²) in [5, 5.41) is 18.6. The van der Waals surface area contributed by atoms with Gasteiger partial charge in [-0.1, -0.05) is 106 Å². The van der Waals surface area contributed by atoms with Crippen molar-refractivity contribution in [3.05, 3.63) is 184 Å². The van der Waals surface area contributed by atoms with Crippen molar-refractivity contribution >= 4 is 94.3 Å². The molecule has 0 atom stereocenters. The Bertz CT molecular complexity index is 2920. The molecule has 297 valence electrons. The number of anilines is 6. The Morgan fingerprint density at radius 3 is 1.31 bits per heavy atom. The first-order valence-electron chi connectivity index (χ1n) is 18.9. The van der Waals surface area contributed by atoms with Gasteiger partial charge in [0.15, 0.2) is 46.0 Å². The van der Waals surface area contributed by atoms with Crippen molar-refractivity contribution in [3.8, 4) is 57.1 Å². The Kier molecular flexibility index (Phi) is 10.9. The van der Waals surface area contributed by atoms with Crippen LogP contribution in [0, 0.1) is 0 Å². The molecule has 0 saturated heterocycles. The monoisotopic (exact) mass is 904 g/mol. The zero-order valence-corrected chi connectivity index (χ0v) is 35.0. The van der Waals surface area contributed by atoms with E-state index in [1.807, 2.05) is 115 Å². The number of hydrogen-bond donors (Lipinski definition) is 2. The van der Waals surface area contributed by atoms with E-state index in [0.29, 0.717) is 10.5 Å². The number of halogens is 3. The number of hydrogen-bond acceptors (Lipinski definition) is 8. The van der Waals surface area contributed by atoms with Crippen LogP contribution < -0.4 is 34.2 Å². The lowest BCUT2D eigenvalue weighted by Gasteiger charge is -2.37. The Morgan fingerprint density at radius 1 is 0.426 bits per heavy atom. The quantitative estimate of drug-likeness (QED) is 0.166. The van der Waals surface area contributed by atoms with Gasteiger partial charge < -0.3 is 29.0 Å². The summed E-state index contributed by atoms with van der Waals surface area (Å²) < 4.78 is 25.4. The molecular weight excluding hydrogens is 873 g/mol. The molecule has 4 aliphatic rings. The second-order valence-corrected chi connectivity index (χ2v) is 15.7. The van der Waals surface area contributed by atoms with Gasteiger partial charge >= 0.3 is 7.12 Å². The zero-order valence-electron chi connectivity index (χ0n) is 31.9. The smallest absolute Gasteiger partial charge is 0.453 e. The van der Waals surface area contributed by atoms with Crippen LogP contribution in [0.5, 0.6) is 46.0 Å². The van der Waals surface area contributed by atoms with Crippen molar-refractivity contribution in [1.82, 2.24) is 0 Å². The third-order valence-corrected chi connectivity index (χ3v) is 11.2. The molecule has 2 N–H and O–H groups in total. The number of nitrogens with zero attached hydrogens (tertiary/aromatic N) is 2. The van der Waals surface area contributed by atoms with E-state index in [9.17, 15) is 0 Å². The minimum atomic E-state index is -1.41. The van der Waals surface area contributed by atoms with E-state index in [2.05, 4.69) is 56.1 Å². The lowest BCUT2D eigenvalue weighted by Crippen LogP contribution is -2.29. The molecule has 0 aliphatic carbocycles. The van der Waals surface area contributed by atoms with Gasteiger partial charge in [0.2, 0.25) is 0 Å². The van der Waals surface area contributed by atoms with Crippen molar-refractivity contribution in [2.45, 2.75) is 0 Å². The van der Waals surface area contributed by atoms with Crippen LogP contribution in [0.2, 0.25) is 10.0 Å². The summed E-state index contributed by atoms with van der Waals surface area (Å²) in [6, 6.07) is 54.4. The van der Waals surface area contributed by atoms with Gasteiger partial charge in [-0.25, -0.2) is 0 Å². The molecule has 0 spiro atoms. The molecule has 0 fully saturated rings. The van der Waals surface area contributed by atoms with Gasteiger partial charge in [-0.05, 0) is 120 Å². The van der Waals surface area contributed by atoms with Crippen LogP contribution in [0.1, 0.15) is 1.43 Å². The van der Waals surface area contributed by atoms with Crippen molar-refractivity contribution in [2.75, 3.05) is 9.80 Å². The fourth-order valence-corrected chi connectivity index (χ4v) is 8.03. The summed E-state index contributed by atoms with van der Waals surface area (Å²) in [6.45, 7) is 0. The largest absolute Gasteiger partial charge is 0.488 e. The number of para-hydroxylation sites is 6. The summed E-state index contributed by atoms with van der Waals surface area (Å²) >= 11 is 15.2. The van der Waals surface area contributed by atoms with Crippen LogP contribution in [0.3, 0.4) is 0 Å². The molecule has 0 saturated carbocycles. The minimum absolute atomic E-state index is 0. The Balaban J connectivity index is 0.000000139. The number of ether oxygens (including phenoxy) is 4. The molecule has 8 nitrogen and oxygen atoms in total. The first-order chi connectivity index (χ1) is 29.3. The number of rotatable bonds is 2. The highest BCUT2D eigenvalue weighted by Gasteiger charge is 2.36. The van der Waals surface area contributed by atoms with Gasteiger partial charge in [0, 0.05) is 24.4 Å². The van der Waals surface area contributed by atoms with E-state index in [0.717, 1.165) is 101 Å². The van der Waals surface area contributed by atoms with Crippen LogP contribution in [0.25, 0.3) is 11.1 Å². The summed E-state index contributed by atoms with van der Waals surface area (Å²) in [6.07, 6.45) is 0. The maximum absolute atomic E-state index is 8.63. The van der Waals surface area contributed by atoms with Gasteiger partial charge in [-0.3, -0.25) is 9.80 Å².